The van der Waals surface area contributed by atoms with Crippen LogP contribution in [0.25, 0.3) is 0 Å². The van der Waals surface area contributed by atoms with Gasteiger partial charge in [-0.1, -0.05) is 0 Å². The fraction of sp³-hybridized carbons (Fsp3) is 0.263. The highest BCUT2D eigenvalue weighted by atomic mass is 32.2. The van der Waals surface area contributed by atoms with Gasteiger partial charge in [0.25, 0.3) is 0 Å². The van der Waals surface area contributed by atoms with Gasteiger partial charge in [-0.2, -0.15) is 5.26 Å². The van der Waals surface area contributed by atoms with Gasteiger partial charge < -0.3 is 4.74 Å². The molecule has 0 aromatic heterocycles. The lowest BCUT2D eigenvalue weighted by molar-refractivity contribution is 0.0921. The number of rotatable bonds is 5. The maximum absolute atomic E-state index is 12.4. The van der Waals surface area contributed by atoms with Gasteiger partial charge in [-0.05, 0) is 61.4 Å². The van der Waals surface area contributed by atoms with E-state index in [-0.39, 0.29) is 18.4 Å². The first-order valence-corrected chi connectivity index (χ1v) is 9.93. The summed E-state index contributed by atoms with van der Waals surface area (Å²) in [6.07, 6.45) is 1.75. The number of carbonyl (C=O) groups is 1. The van der Waals surface area contributed by atoms with Crippen LogP contribution < -0.4 is 9.04 Å². The molecular weight excluding hydrogens is 352 g/mol. The van der Waals surface area contributed by atoms with Gasteiger partial charge in [0, 0.05) is 11.6 Å². The van der Waals surface area contributed by atoms with E-state index in [1.807, 2.05) is 13.0 Å². The molecule has 0 aliphatic carbocycles. The molecule has 0 radical (unpaired) electrons. The van der Waals surface area contributed by atoms with Crippen molar-refractivity contribution in [2.75, 3.05) is 17.2 Å². The van der Waals surface area contributed by atoms with Crippen molar-refractivity contribution in [3.8, 4) is 11.8 Å². The van der Waals surface area contributed by atoms with Gasteiger partial charge in [0.15, 0.2) is 12.4 Å². The zero-order chi connectivity index (χ0) is 18.9. The molecule has 0 saturated carbocycles. The molecule has 1 unspecified atom stereocenters. The van der Waals surface area contributed by atoms with Crippen LogP contribution in [0.2, 0.25) is 0 Å². The Morgan fingerprint density at radius 3 is 2.58 bits per heavy atom. The highest BCUT2D eigenvalue weighted by molar-refractivity contribution is 7.92. The number of sulfonamides is 1. The van der Waals surface area contributed by atoms with E-state index in [9.17, 15) is 13.2 Å². The molecule has 1 aliphatic rings. The van der Waals surface area contributed by atoms with Crippen molar-refractivity contribution in [2.45, 2.75) is 19.4 Å². The highest BCUT2D eigenvalue weighted by Gasteiger charge is 2.32. The SMILES string of the molecule is CC1Cc2cc(C(=O)COc3ccc(C#N)cc3)ccc2N1S(C)(=O)=O. The average molecular weight is 370 g/mol. The molecule has 0 bridgehead atoms. The summed E-state index contributed by atoms with van der Waals surface area (Å²) in [6, 6.07) is 13.4. The maximum atomic E-state index is 12.4. The highest BCUT2D eigenvalue weighted by Crippen LogP contribution is 2.34. The summed E-state index contributed by atoms with van der Waals surface area (Å²) in [7, 11) is -3.35. The first-order valence-electron chi connectivity index (χ1n) is 8.08. The third-order valence-electron chi connectivity index (χ3n) is 4.27. The van der Waals surface area contributed by atoms with Crippen molar-refractivity contribution in [2.24, 2.45) is 0 Å². The molecule has 1 aliphatic heterocycles. The van der Waals surface area contributed by atoms with Crippen LogP contribution in [0, 0.1) is 11.3 Å². The van der Waals surface area contributed by atoms with Gasteiger partial charge in [-0.25, -0.2) is 8.42 Å². The molecule has 6 nitrogen and oxygen atoms in total. The Morgan fingerprint density at radius 2 is 1.96 bits per heavy atom. The summed E-state index contributed by atoms with van der Waals surface area (Å²) < 4.78 is 30.8. The van der Waals surface area contributed by atoms with E-state index in [1.165, 1.54) is 10.6 Å². The number of carbonyl (C=O) groups excluding carboxylic acids is 1. The number of ether oxygens (including phenoxy) is 1. The summed E-state index contributed by atoms with van der Waals surface area (Å²) in [5.41, 5.74) is 2.48. The maximum Gasteiger partial charge on any atom is 0.232 e. The molecule has 0 amide bonds. The molecule has 3 rings (SSSR count). The van der Waals surface area contributed by atoms with Gasteiger partial charge in [-0.15, -0.1) is 0 Å². The second-order valence-electron chi connectivity index (χ2n) is 6.30. The Morgan fingerprint density at radius 1 is 1.27 bits per heavy atom. The Hall–Kier alpha value is -2.85. The first kappa shape index (κ1) is 18.0. The smallest absolute Gasteiger partial charge is 0.232 e. The molecule has 0 saturated heterocycles. The van der Waals surface area contributed by atoms with E-state index in [1.54, 1.807) is 42.5 Å². The summed E-state index contributed by atoms with van der Waals surface area (Å²) in [6.45, 7) is 1.71. The van der Waals surface area contributed by atoms with E-state index in [0.29, 0.717) is 29.0 Å². The van der Waals surface area contributed by atoms with Crippen molar-refractivity contribution in [1.82, 2.24) is 0 Å². The quantitative estimate of drug-likeness (QED) is 0.755. The summed E-state index contributed by atoms with van der Waals surface area (Å²) >= 11 is 0. The Bertz CT molecular complexity index is 991. The number of hydrogen-bond donors (Lipinski definition) is 0. The van der Waals surface area contributed by atoms with E-state index in [0.717, 1.165) is 5.56 Å². The predicted molar refractivity (Wildman–Crippen MR) is 97.9 cm³/mol. The lowest BCUT2D eigenvalue weighted by Crippen LogP contribution is -2.34. The lowest BCUT2D eigenvalue weighted by atomic mass is 10.0. The molecule has 2 aromatic rings. The Labute approximate surface area is 152 Å². The topological polar surface area (TPSA) is 87.5 Å². The van der Waals surface area contributed by atoms with Crippen LogP contribution >= 0.6 is 0 Å². The number of benzene rings is 2. The second-order valence-corrected chi connectivity index (χ2v) is 8.16. The van der Waals surface area contributed by atoms with Gasteiger partial charge >= 0.3 is 0 Å². The number of fused-ring (bicyclic) bond motifs is 1. The summed E-state index contributed by atoms with van der Waals surface area (Å²) in [5, 5.41) is 8.77. The zero-order valence-electron chi connectivity index (χ0n) is 14.5. The van der Waals surface area contributed by atoms with Crippen LogP contribution in [0.1, 0.15) is 28.4 Å². The Kier molecular flexibility index (Phi) is 4.70. The van der Waals surface area contributed by atoms with Gasteiger partial charge in [0.1, 0.15) is 5.75 Å². The van der Waals surface area contributed by atoms with Crippen molar-refractivity contribution >= 4 is 21.5 Å². The van der Waals surface area contributed by atoms with Gasteiger partial charge in [0.2, 0.25) is 10.0 Å². The fourth-order valence-electron chi connectivity index (χ4n) is 3.14. The molecule has 1 heterocycles. The van der Waals surface area contributed by atoms with Crippen LogP contribution in [0.3, 0.4) is 0 Å². The van der Waals surface area contributed by atoms with Crippen LogP contribution in [0.4, 0.5) is 5.69 Å². The van der Waals surface area contributed by atoms with Gasteiger partial charge in [0.05, 0.1) is 23.6 Å². The van der Waals surface area contributed by atoms with E-state index in [2.05, 4.69) is 0 Å². The minimum Gasteiger partial charge on any atom is -0.485 e. The third kappa shape index (κ3) is 3.55. The minimum atomic E-state index is -3.35. The minimum absolute atomic E-state index is 0.129. The van der Waals surface area contributed by atoms with E-state index >= 15 is 0 Å². The molecule has 2 aromatic carbocycles. The molecule has 134 valence electrons. The van der Waals surface area contributed by atoms with Crippen LogP contribution in [0.5, 0.6) is 5.75 Å². The number of ketones is 1. The number of nitriles is 1. The molecule has 0 spiro atoms. The average Bonchev–Trinajstić information content (AvgIpc) is 2.95. The van der Waals surface area contributed by atoms with Crippen molar-refractivity contribution in [3.05, 3.63) is 59.2 Å². The molecule has 0 N–H and O–H groups in total. The molecule has 26 heavy (non-hydrogen) atoms. The van der Waals surface area contributed by atoms with Crippen molar-refractivity contribution < 1.29 is 17.9 Å². The van der Waals surface area contributed by atoms with Crippen molar-refractivity contribution in [3.63, 3.8) is 0 Å². The first-order chi connectivity index (χ1) is 12.3. The Balaban J connectivity index is 1.73. The monoisotopic (exact) mass is 370 g/mol. The third-order valence-corrected chi connectivity index (χ3v) is 5.54. The summed E-state index contributed by atoms with van der Waals surface area (Å²) in [5.74, 6) is 0.318. The molecule has 7 heteroatoms. The second kappa shape index (κ2) is 6.81. The fourth-order valence-corrected chi connectivity index (χ4v) is 4.40. The molecule has 1 atom stereocenters. The van der Waals surface area contributed by atoms with Crippen molar-refractivity contribution in [1.29, 1.82) is 5.26 Å². The number of nitrogens with zero attached hydrogens (tertiary/aromatic N) is 2. The number of hydrogen-bond acceptors (Lipinski definition) is 5. The zero-order valence-corrected chi connectivity index (χ0v) is 15.3. The molecule has 0 fully saturated rings. The van der Waals surface area contributed by atoms with Gasteiger partial charge in [-0.3, -0.25) is 9.10 Å². The predicted octanol–water partition coefficient (Wildman–Crippen LogP) is 2.53. The van der Waals surface area contributed by atoms with E-state index < -0.39 is 10.0 Å². The standard InChI is InChI=1S/C19H18N2O4S/c1-13-9-16-10-15(5-8-18(16)21(13)26(2,23)24)19(22)12-25-17-6-3-14(11-20)4-7-17/h3-8,10,13H,9,12H2,1-2H3. The van der Waals surface area contributed by atoms with E-state index in [4.69, 9.17) is 10.00 Å². The number of Topliss-reactive ketones (excluding diaryl/α,β-unsaturated/α-hetero) is 1. The van der Waals surface area contributed by atoms with Crippen LogP contribution in [-0.2, 0) is 16.4 Å². The normalized spacial score (nSPS) is 16.0. The lowest BCUT2D eigenvalue weighted by Gasteiger charge is -2.21. The van der Waals surface area contributed by atoms with Crippen LogP contribution in [-0.4, -0.2) is 33.1 Å². The summed E-state index contributed by atoms with van der Waals surface area (Å²) in [4.78, 5) is 12.4. The number of anilines is 1. The largest absolute Gasteiger partial charge is 0.485 e. The molecular formula is C19H18N2O4S. The van der Waals surface area contributed by atoms with Crippen LogP contribution in [0.15, 0.2) is 42.5 Å².